The standard InChI is InChI=1S/C15H13NO2/c1-10-11(2)18-15(16(10)17)14-9-5-7-12-6-3-4-8-13(12)14/h3-9H,1-2H3. The van der Waals surface area contributed by atoms with Gasteiger partial charge in [0, 0.05) is 13.8 Å². The second kappa shape index (κ2) is 3.88. The second-order valence-electron chi connectivity index (χ2n) is 4.37. The molecule has 0 spiro atoms. The van der Waals surface area contributed by atoms with Crippen molar-refractivity contribution in [2.75, 3.05) is 0 Å². The number of hydrogen-bond acceptors (Lipinski definition) is 2. The first-order chi connectivity index (χ1) is 8.68. The highest BCUT2D eigenvalue weighted by Gasteiger charge is 2.21. The van der Waals surface area contributed by atoms with Crippen LogP contribution in [0, 0.1) is 19.1 Å². The Bertz CT molecular complexity index is 723. The lowest BCUT2D eigenvalue weighted by molar-refractivity contribution is -0.602. The van der Waals surface area contributed by atoms with Crippen LogP contribution in [0.15, 0.2) is 46.9 Å². The molecule has 0 saturated heterocycles. The Hall–Kier alpha value is -2.29. The summed E-state index contributed by atoms with van der Waals surface area (Å²) in [6, 6.07) is 13.8. The van der Waals surface area contributed by atoms with Crippen LogP contribution in [0.1, 0.15) is 11.5 Å². The molecule has 18 heavy (non-hydrogen) atoms. The van der Waals surface area contributed by atoms with Gasteiger partial charge in [0.2, 0.25) is 5.69 Å². The summed E-state index contributed by atoms with van der Waals surface area (Å²) in [4.78, 5) is 0. The summed E-state index contributed by atoms with van der Waals surface area (Å²) in [5.74, 6) is 1.02. The van der Waals surface area contributed by atoms with Crippen LogP contribution >= 0.6 is 0 Å². The number of fused-ring (bicyclic) bond motifs is 1. The van der Waals surface area contributed by atoms with Crippen molar-refractivity contribution in [3.05, 3.63) is 59.1 Å². The Balaban J connectivity index is 2.35. The molecule has 3 nitrogen and oxygen atoms in total. The molecule has 90 valence electrons. The van der Waals surface area contributed by atoms with Crippen LogP contribution in [0.3, 0.4) is 0 Å². The third-order valence-electron chi connectivity index (χ3n) is 3.27. The molecule has 0 fully saturated rings. The van der Waals surface area contributed by atoms with Gasteiger partial charge >= 0.3 is 5.89 Å². The van der Waals surface area contributed by atoms with Gasteiger partial charge in [0.1, 0.15) is 0 Å². The van der Waals surface area contributed by atoms with E-state index in [1.807, 2.05) is 42.5 Å². The number of benzene rings is 2. The molecule has 3 heteroatoms. The monoisotopic (exact) mass is 239 g/mol. The van der Waals surface area contributed by atoms with Crippen molar-refractivity contribution in [1.82, 2.24) is 0 Å². The lowest BCUT2D eigenvalue weighted by atomic mass is 10.0. The van der Waals surface area contributed by atoms with E-state index >= 15 is 0 Å². The molecule has 0 aliphatic carbocycles. The van der Waals surface area contributed by atoms with Gasteiger partial charge < -0.3 is 9.62 Å². The quantitative estimate of drug-likeness (QED) is 0.482. The molecule has 0 amide bonds. The van der Waals surface area contributed by atoms with Crippen molar-refractivity contribution in [3.8, 4) is 11.5 Å². The zero-order valence-corrected chi connectivity index (χ0v) is 10.3. The molecule has 0 radical (unpaired) electrons. The summed E-state index contributed by atoms with van der Waals surface area (Å²) < 4.78 is 6.45. The minimum atomic E-state index is 0.363. The molecule has 0 saturated carbocycles. The van der Waals surface area contributed by atoms with E-state index < -0.39 is 0 Å². The zero-order chi connectivity index (χ0) is 12.7. The lowest BCUT2D eigenvalue weighted by Crippen LogP contribution is -2.29. The van der Waals surface area contributed by atoms with Gasteiger partial charge in [-0.05, 0) is 16.8 Å². The third-order valence-corrected chi connectivity index (χ3v) is 3.27. The topological polar surface area (TPSA) is 40.1 Å². The molecule has 3 rings (SSSR count). The predicted molar refractivity (Wildman–Crippen MR) is 70.1 cm³/mol. The Morgan fingerprint density at radius 2 is 1.72 bits per heavy atom. The zero-order valence-electron chi connectivity index (χ0n) is 10.3. The fourth-order valence-corrected chi connectivity index (χ4v) is 2.13. The van der Waals surface area contributed by atoms with Crippen molar-refractivity contribution in [3.63, 3.8) is 0 Å². The number of rotatable bonds is 1. The maximum absolute atomic E-state index is 12.1. The Kier molecular flexibility index (Phi) is 2.33. The molecule has 1 heterocycles. The minimum Gasteiger partial charge on any atom is -0.616 e. The lowest BCUT2D eigenvalue weighted by Gasteiger charge is -2.02. The fourth-order valence-electron chi connectivity index (χ4n) is 2.13. The van der Waals surface area contributed by atoms with E-state index in [4.69, 9.17) is 4.42 Å². The maximum Gasteiger partial charge on any atom is 0.393 e. The average Bonchev–Trinajstić information content (AvgIpc) is 2.66. The number of oxazole rings is 1. The summed E-state index contributed by atoms with van der Waals surface area (Å²) in [5, 5.41) is 14.2. The van der Waals surface area contributed by atoms with Crippen molar-refractivity contribution >= 4 is 10.8 Å². The van der Waals surface area contributed by atoms with Crippen molar-refractivity contribution in [2.24, 2.45) is 0 Å². The van der Waals surface area contributed by atoms with Crippen LogP contribution in [0.4, 0.5) is 0 Å². The summed E-state index contributed by atoms with van der Waals surface area (Å²) in [6.45, 7) is 3.57. The fraction of sp³-hybridized carbons (Fsp3) is 0.133. The van der Waals surface area contributed by atoms with Crippen molar-refractivity contribution in [1.29, 1.82) is 0 Å². The van der Waals surface area contributed by atoms with Crippen LogP contribution in [-0.4, -0.2) is 0 Å². The van der Waals surface area contributed by atoms with E-state index in [2.05, 4.69) is 0 Å². The highest BCUT2D eigenvalue weighted by Crippen LogP contribution is 2.27. The molecule has 0 aliphatic rings. The Labute approximate surface area is 105 Å². The minimum absolute atomic E-state index is 0.363. The molecule has 2 aromatic carbocycles. The number of hydrogen-bond donors (Lipinski definition) is 0. The molecular formula is C15H13NO2. The SMILES string of the molecule is Cc1oc(-c2cccc3ccccc23)[n+]([O-])c1C. The predicted octanol–water partition coefficient (Wildman–Crippen LogP) is 3.35. The highest BCUT2D eigenvalue weighted by atomic mass is 16.5. The van der Waals surface area contributed by atoms with Gasteiger partial charge in [-0.25, -0.2) is 0 Å². The maximum atomic E-state index is 12.1. The Morgan fingerprint density at radius 1 is 1.00 bits per heavy atom. The van der Waals surface area contributed by atoms with E-state index in [-0.39, 0.29) is 0 Å². The van der Waals surface area contributed by atoms with Gasteiger partial charge in [0.15, 0.2) is 5.76 Å². The first kappa shape index (κ1) is 10.8. The third kappa shape index (κ3) is 1.48. The van der Waals surface area contributed by atoms with E-state index in [0.29, 0.717) is 17.3 Å². The summed E-state index contributed by atoms with van der Waals surface area (Å²) in [7, 11) is 0. The van der Waals surface area contributed by atoms with Crippen LogP contribution in [0.5, 0.6) is 0 Å². The van der Waals surface area contributed by atoms with Gasteiger partial charge in [-0.3, -0.25) is 0 Å². The number of nitrogens with zero attached hydrogens (tertiary/aromatic N) is 1. The van der Waals surface area contributed by atoms with Crippen LogP contribution < -0.4 is 4.73 Å². The van der Waals surface area contributed by atoms with Crippen LogP contribution in [-0.2, 0) is 0 Å². The summed E-state index contributed by atoms with van der Waals surface area (Å²) >= 11 is 0. The van der Waals surface area contributed by atoms with Gasteiger partial charge in [-0.1, -0.05) is 36.4 Å². The van der Waals surface area contributed by atoms with E-state index in [0.717, 1.165) is 21.1 Å². The van der Waals surface area contributed by atoms with E-state index in [1.165, 1.54) is 0 Å². The molecule has 1 aromatic heterocycles. The van der Waals surface area contributed by atoms with Gasteiger partial charge in [-0.15, -0.1) is 4.73 Å². The van der Waals surface area contributed by atoms with E-state index in [1.54, 1.807) is 13.8 Å². The molecule has 0 atom stereocenters. The molecule has 3 aromatic rings. The molecular weight excluding hydrogens is 226 g/mol. The molecule has 0 bridgehead atoms. The average molecular weight is 239 g/mol. The normalized spacial score (nSPS) is 11.0. The molecule has 0 unspecified atom stereocenters. The van der Waals surface area contributed by atoms with Crippen LogP contribution in [0.2, 0.25) is 0 Å². The summed E-state index contributed by atoms with van der Waals surface area (Å²) in [6.07, 6.45) is 0. The number of aromatic nitrogens is 1. The van der Waals surface area contributed by atoms with Crippen molar-refractivity contribution < 1.29 is 9.15 Å². The van der Waals surface area contributed by atoms with Crippen LogP contribution in [0.25, 0.3) is 22.2 Å². The van der Waals surface area contributed by atoms with Gasteiger partial charge in [0.05, 0.1) is 5.56 Å². The van der Waals surface area contributed by atoms with Gasteiger partial charge in [0.25, 0.3) is 0 Å². The Morgan fingerprint density at radius 3 is 2.44 bits per heavy atom. The smallest absolute Gasteiger partial charge is 0.393 e. The summed E-state index contributed by atoms with van der Waals surface area (Å²) in [5.41, 5.74) is 1.44. The molecule has 0 aliphatic heterocycles. The number of aryl methyl sites for hydroxylation is 1. The largest absolute Gasteiger partial charge is 0.616 e. The first-order valence-corrected chi connectivity index (χ1v) is 5.86. The van der Waals surface area contributed by atoms with Crippen molar-refractivity contribution in [2.45, 2.75) is 13.8 Å². The second-order valence-corrected chi connectivity index (χ2v) is 4.37. The first-order valence-electron chi connectivity index (χ1n) is 5.86. The van der Waals surface area contributed by atoms with E-state index in [9.17, 15) is 5.21 Å². The molecule has 0 N–H and O–H groups in total. The van der Waals surface area contributed by atoms with Gasteiger partial charge in [-0.2, -0.15) is 0 Å². The highest BCUT2D eigenvalue weighted by molar-refractivity contribution is 5.94.